The lowest BCUT2D eigenvalue weighted by atomic mass is 10.1. The highest BCUT2D eigenvalue weighted by Crippen LogP contribution is 2.20. The van der Waals surface area contributed by atoms with E-state index in [4.69, 9.17) is 4.74 Å². The molecule has 1 rings (SSSR count). The number of carbonyl (C=O) groups excluding carboxylic acids is 2. The van der Waals surface area contributed by atoms with Crippen LogP contribution in [-0.2, 0) is 4.74 Å². The fourth-order valence-electron chi connectivity index (χ4n) is 1.17. The van der Waals surface area contributed by atoms with E-state index in [1.54, 1.807) is 13.0 Å². The third-order valence-electron chi connectivity index (χ3n) is 1.85. The zero-order valence-corrected chi connectivity index (χ0v) is 8.65. The smallest absolute Gasteiger partial charge is 0.341 e. The molecule has 0 aliphatic heterocycles. The Hall–Kier alpha value is -1.84. The van der Waals surface area contributed by atoms with Gasteiger partial charge in [0.05, 0.1) is 13.7 Å². The number of carbonyl (C=O) groups is 2. The largest absolute Gasteiger partial charge is 0.493 e. The zero-order chi connectivity index (χ0) is 11.3. The van der Waals surface area contributed by atoms with E-state index >= 15 is 0 Å². The lowest BCUT2D eigenvalue weighted by Crippen LogP contribution is -2.06. The van der Waals surface area contributed by atoms with Crippen molar-refractivity contribution in [2.75, 3.05) is 13.7 Å². The van der Waals surface area contributed by atoms with Crippen molar-refractivity contribution in [1.29, 1.82) is 0 Å². The maximum Gasteiger partial charge on any atom is 0.341 e. The fraction of sp³-hybridized carbons (Fsp3) is 0.273. The van der Waals surface area contributed by atoms with Gasteiger partial charge in [-0.15, -0.1) is 0 Å². The second-order valence-electron chi connectivity index (χ2n) is 2.80. The first-order valence-electron chi connectivity index (χ1n) is 4.53. The average Bonchev–Trinajstić information content (AvgIpc) is 2.28. The van der Waals surface area contributed by atoms with Gasteiger partial charge in [0, 0.05) is 5.56 Å². The second kappa shape index (κ2) is 5.14. The molecule has 4 heteroatoms. The van der Waals surface area contributed by atoms with Gasteiger partial charge in [-0.3, -0.25) is 4.79 Å². The molecular formula is C11H12O4. The molecule has 0 saturated carbocycles. The van der Waals surface area contributed by atoms with Crippen molar-refractivity contribution < 1.29 is 19.1 Å². The summed E-state index contributed by atoms with van der Waals surface area (Å²) in [6.45, 7) is 2.22. The molecule has 1 aromatic rings. The van der Waals surface area contributed by atoms with Crippen LogP contribution in [0.2, 0.25) is 0 Å². The van der Waals surface area contributed by atoms with E-state index in [1.165, 1.54) is 19.2 Å². The first-order chi connectivity index (χ1) is 7.22. The minimum Gasteiger partial charge on any atom is -0.493 e. The van der Waals surface area contributed by atoms with Crippen LogP contribution in [0.5, 0.6) is 5.75 Å². The van der Waals surface area contributed by atoms with Crippen LogP contribution in [0.25, 0.3) is 0 Å². The normalized spacial score (nSPS) is 9.47. The summed E-state index contributed by atoms with van der Waals surface area (Å²) in [7, 11) is 1.30. The third-order valence-corrected chi connectivity index (χ3v) is 1.85. The van der Waals surface area contributed by atoms with Crippen molar-refractivity contribution in [3.05, 3.63) is 29.3 Å². The minimum atomic E-state index is -0.476. The molecule has 0 saturated heterocycles. The molecule has 0 atom stereocenters. The summed E-state index contributed by atoms with van der Waals surface area (Å²) in [5.74, 6) is -0.107. The molecule has 4 nitrogen and oxygen atoms in total. The first kappa shape index (κ1) is 11.2. The van der Waals surface area contributed by atoms with Gasteiger partial charge in [0.1, 0.15) is 17.6 Å². The summed E-state index contributed by atoms with van der Waals surface area (Å²) < 4.78 is 9.83. The van der Waals surface area contributed by atoms with Gasteiger partial charge in [-0.2, -0.15) is 0 Å². The van der Waals surface area contributed by atoms with Gasteiger partial charge in [-0.1, -0.05) is 6.07 Å². The van der Waals surface area contributed by atoms with Gasteiger partial charge < -0.3 is 9.47 Å². The van der Waals surface area contributed by atoms with Crippen molar-refractivity contribution in [2.45, 2.75) is 6.92 Å². The van der Waals surface area contributed by atoms with Crippen molar-refractivity contribution in [3.8, 4) is 5.75 Å². The van der Waals surface area contributed by atoms with E-state index in [0.717, 1.165) is 0 Å². The van der Waals surface area contributed by atoms with E-state index < -0.39 is 5.97 Å². The number of hydrogen-bond donors (Lipinski definition) is 0. The Morgan fingerprint density at radius 3 is 2.73 bits per heavy atom. The highest BCUT2D eigenvalue weighted by molar-refractivity contribution is 5.93. The number of methoxy groups -OCH3 is 1. The van der Waals surface area contributed by atoms with Crippen molar-refractivity contribution in [3.63, 3.8) is 0 Å². The van der Waals surface area contributed by atoms with E-state index in [0.29, 0.717) is 29.8 Å². The molecule has 15 heavy (non-hydrogen) atoms. The summed E-state index contributed by atoms with van der Waals surface area (Å²) in [6, 6.07) is 4.57. The fourth-order valence-corrected chi connectivity index (χ4v) is 1.17. The second-order valence-corrected chi connectivity index (χ2v) is 2.80. The Labute approximate surface area is 87.8 Å². The van der Waals surface area contributed by atoms with Gasteiger partial charge in [-0.25, -0.2) is 4.79 Å². The molecule has 0 aromatic heterocycles. The molecule has 0 bridgehead atoms. The van der Waals surface area contributed by atoms with Crippen LogP contribution >= 0.6 is 0 Å². The average molecular weight is 208 g/mol. The Morgan fingerprint density at radius 1 is 1.47 bits per heavy atom. The predicted octanol–water partition coefficient (Wildman–Crippen LogP) is 1.68. The maximum absolute atomic E-state index is 11.3. The summed E-state index contributed by atoms with van der Waals surface area (Å²) in [5.41, 5.74) is 0.788. The number of hydrogen-bond acceptors (Lipinski definition) is 4. The van der Waals surface area contributed by atoms with Gasteiger partial charge in [0.15, 0.2) is 0 Å². The molecule has 0 aliphatic carbocycles. The summed E-state index contributed by atoms with van der Waals surface area (Å²) in [4.78, 5) is 21.9. The Morgan fingerprint density at radius 2 is 2.20 bits per heavy atom. The number of esters is 1. The summed E-state index contributed by atoms with van der Waals surface area (Å²) >= 11 is 0. The topological polar surface area (TPSA) is 52.6 Å². The molecule has 0 fully saturated rings. The minimum absolute atomic E-state index is 0.324. The molecule has 0 heterocycles. The molecule has 0 amide bonds. The van der Waals surface area contributed by atoms with E-state index in [9.17, 15) is 9.59 Å². The maximum atomic E-state index is 11.3. The molecular weight excluding hydrogens is 196 g/mol. The van der Waals surface area contributed by atoms with Gasteiger partial charge in [-0.05, 0) is 19.1 Å². The molecule has 0 aliphatic rings. The Balaban J connectivity index is 3.14. The van der Waals surface area contributed by atoms with Crippen LogP contribution < -0.4 is 4.74 Å². The third kappa shape index (κ3) is 2.56. The van der Waals surface area contributed by atoms with Crippen LogP contribution in [0, 0.1) is 0 Å². The standard InChI is InChI=1S/C11H12O4/c1-3-15-10-6-8(7-12)4-5-9(10)11(13)14-2/h4-7H,3H2,1-2H3. The summed E-state index contributed by atoms with van der Waals surface area (Å²) in [6.07, 6.45) is 0.698. The SMILES string of the molecule is CCOc1cc(C=O)ccc1C(=O)OC. The Kier molecular flexibility index (Phi) is 3.85. The Bertz CT molecular complexity index is 371. The zero-order valence-electron chi connectivity index (χ0n) is 8.65. The molecule has 0 spiro atoms. The number of benzene rings is 1. The first-order valence-corrected chi connectivity index (χ1v) is 4.53. The van der Waals surface area contributed by atoms with Crippen LogP contribution in [0.15, 0.2) is 18.2 Å². The van der Waals surface area contributed by atoms with Gasteiger partial charge in [0.2, 0.25) is 0 Å². The molecule has 0 N–H and O–H groups in total. The number of ether oxygens (including phenoxy) is 2. The van der Waals surface area contributed by atoms with Gasteiger partial charge >= 0.3 is 5.97 Å². The summed E-state index contributed by atoms with van der Waals surface area (Å²) in [5, 5.41) is 0. The predicted molar refractivity (Wildman–Crippen MR) is 54.3 cm³/mol. The molecule has 0 unspecified atom stereocenters. The van der Waals surface area contributed by atoms with Gasteiger partial charge in [0.25, 0.3) is 0 Å². The number of rotatable bonds is 4. The quantitative estimate of drug-likeness (QED) is 0.558. The van der Waals surface area contributed by atoms with Crippen molar-refractivity contribution in [2.24, 2.45) is 0 Å². The van der Waals surface area contributed by atoms with Crippen LogP contribution in [-0.4, -0.2) is 26.0 Å². The molecule has 0 radical (unpaired) electrons. The van der Waals surface area contributed by atoms with Crippen LogP contribution in [0.1, 0.15) is 27.6 Å². The van der Waals surface area contributed by atoms with Crippen molar-refractivity contribution >= 4 is 12.3 Å². The van der Waals surface area contributed by atoms with Crippen LogP contribution in [0.4, 0.5) is 0 Å². The van der Waals surface area contributed by atoms with E-state index in [-0.39, 0.29) is 0 Å². The van der Waals surface area contributed by atoms with Crippen molar-refractivity contribution in [1.82, 2.24) is 0 Å². The number of aldehydes is 1. The lowest BCUT2D eigenvalue weighted by molar-refractivity contribution is 0.0596. The lowest BCUT2D eigenvalue weighted by Gasteiger charge is -2.08. The highest BCUT2D eigenvalue weighted by Gasteiger charge is 2.13. The monoisotopic (exact) mass is 208 g/mol. The van der Waals surface area contributed by atoms with Crippen LogP contribution in [0.3, 0.4) is 0 Å². The highest BCUT2D eigenvalue weighted by atomic mass is 16.5. The molecule has 80 valence electrons. The van der Waals surface area contributed by atoms with E-state index in [2.05, 4.69) is 4.74 Å². The molecule has 1 aromatic carbocycles. The van der Waals surface area contributed by atoms with E-state index in [1.807, 2.05) is 0 Å².